The van der Waals surface area contributed by atoms with Crippen LogP contribution in [0.15, 0.2) is 12.1 Å². The minimum Gasteiger partial charge on any atom is -0.336 e. The Morgan fingerprint density at radius 3 is 2.08 bits per heavy atom. The van der Waals surface area contributed by atoms with Crippen molar-refractivity contribution in [2.75, 3.05) is 25.0 Å². The van der Waals surface area contributed by atoms with E-state index in [1.54, 1.807) is 0 Å². The Kier molecular flexibility index (Phi) is 8.26. The molecule has 0 aliphatic heterocycles. The standard InChI is InChI=1S/C20H35N3O/c1-8-23(9-2)18(10-14(3)4)13-21-20(24)22-19-16(6)11-15(5)12-17(19)7/h11-12,14,18H,8-10,13H2,1-7H3,(H2,21,22,24)/t18-/m0/s1. The number of anilines is 1. The average molecular weight is 334 g/mol. The fourth-order valence-electron chi connectivity index (χ4n) is 3.39. The van der Waals surface area contributed by atoms with E-state index in [0.717, 1.165) is 36.3 Å². The van der Waals surface area contributed by atoms with Gasteiger partial charge in [0, 0.05) is 18.3 Å². The van der Waals surface area contributed by atoms with Crippen molar-refractivity contribution in [1.29, 1.82) is 0 Å². The molecule has 0 aliphatic rings. The Labute approximate surface area is 148 Å². The highest BCUT2D eigenvalue weighted by Crippen LogP contribution is 2.21. The molecule has 136 valence electrons. The topological polar surface area (TPSA) is 44.4 Å². The number of likely N-dealkylation sites (N-methyl/N-ethyl adjacent to an activating group) is 1. The average Bonchev–Trinajstić information content (AvgIpc) is 2.49. The van der Waals surface area contributed by atoms with Crippen molar-refractivity contribution in [3.05, 3.63) is 28.8 Å². The molecule has 0 saturated heterocycles. The van der Waals surface area contributed by atoms with E-state index in [0.29, 0.717) is 18.5 Å². The summed E-state index contributed by atoms with van der Waals surface area (Å²) in [5, 5.41) is 6.08. The van der Waals surface area contributed by atoms with E-state index in [-0.39, 0.29) is 6.03 Å². The maximum absolute atomic E-state index is 12.4. The summed E-state index contributed by atoms with van der Waals surface area (Å²) in [7, 11) is 0. The van der Waals surface area contributed by atoms with Crippen LogP contribution in [-0.2, 0) is 0 Å². The van der Waals surface area contributed by atoms with Gasteiger partial charge < -0.3 is 10.6 Å². The van der Waals surface area contributed by atoms with Crippen LogP contribution in [0.5, 0.6) is 0 Å². The molecule has 4 heteroatoms. The molecule has 0 spiro atoms. The van der Waals surface area contributed by atoms with Crippen molar-refractivity contribution in [3.63, 3.8) is 0 Å². The molecule has 2 amide bonds. The molecule has 0 fully saturated rings. The van der Waals surface area contributed by atoms with Crippen molar-refractivity contribution in [2.45, 2.75) is 60.9 Å². The zero-order valence-electron chi connectivity index (χ0n) is 16.5. The van der Waals surface area contributed by atoms with Gasteiger partial charge in [-0.3, -0.25) is 4.90 Å². The molecule has 0 radical (unpaired) electrons. The van der Waals surface area contributed by atoms with Crippen molar-refractivity contribution in [3.8, 4) is 0 Å². The fraction of sp³-hybridized carbons (Fsp3) is 0.650. The van der Waals surface area contributed by atoms with E-state index in [2.05, 4.69) is 62.3 Å². The number of nitrogens with zero attached hydrogens (tertiary/aromatic N) is 1. The molecule has 0 bridgehead atoms. The number of nitrogens with one attached hydrogen (secondary N) is 2. The van der Waals surface area contributed by atoms with Crippen LogP contribution < -0.4 is 10.6 Å². The molecule has 2 N–H and O–H groups in total. The van der Waals surface area contributed by atoms with Gasteiger partial charge in [-0.2, -0.15) is 0 Å². The van der Waals surface area contributed by atoms with Crippen LogP contribution in [0.3, 0.4) is 0 Å². The maximum Gasteiger partial charge on any atom is 0.319 e. The third-order valence-corrected chi connectivity index (χ3v) is 4.49. The lowest BCUT2D eigenvalue weighted by Gasteiger charge is -2.31. The van der Waals surface area contributed by atoms with Gasteiger partial charge in [-0.25, -0.2) is 4.79 Å². The number of rotatable bonds is 8. The van der Waals surface area contributed by atoms with E-state index in [4.69, 9.17) is 0 Å². The quantitative estimate of drug-likeness (QED) is 0.736. The molecule has 4 nitrogen and oxygen atoms in total. The molecule has 1 aromatic rings. The summed E-state index contributed by atoms with van der Waals surface area (Å²) in [6.07, 6.45) is 1.09. The van der Waals surface area contributed by atoms with E-state index in [9.17, 15) is 4.79 Å². The van der Waals surface area contributed by atoms with Gasteiger partial charge >= 0.3 is 6.03 Å². The number of urea groups is 1. The lowest BCUT2D eigenvalue weighted by Crippen LogP contribution is -2.45. The molecular formula is C20H35N3O. The van der Waals surface area contributed by atoms with Gasteiger partial charge in [0.25, 0.3) is 0 Å². The SMILES string of the molecule is CCN(CC)[C@H](CNC(=O)Nc1c(C)cc(C)cc1C)CC(C)C. The largest absolute Gasteiger partial charge is 0.336 e. The fourth-order valence-corrected chi connectivity index (χ4v) is 3.39. The van der Waals surface area contributed by atoms with Crippen molar-refractivity contribution in [1.82, 2.24) is 10.2 Å². The van der Waals surface area contributed by atoms with Crippen LogP contribution in [0.25, 0.3) is 0 Å². The zero-order valence-corrected chi connectivity index (χ0v) is 16.5. The third-order valence-electron chi connectivity index (χ3n) is 4.49. The van der Waals surface area contributed by atoms with E-state index in [1.807, 2.05) is 13.8 Å². The number of amides is 2. The first-order chi connectivity index (χ1) is 11.3. The van der Waals surface area contributed by atoms with Gasteiger partial charge in [0.15, 0.2) is 0 Å². The minimum atomic E-state index is -0.119. The predicted octanol–water partition coefficient (Wildman–Crippen LogP) is 4.49. The van der Waals surface area contributed by atoms with Crippen molar-refractivity contribution in [2.24, 2.45) is 5.92 Å². The summed E-state index contributed by atoms with van der Waals surface area (Å²) in [6, 6.07) is 4.46. The van der Waals surface area contributed by atoms with Gasteiger partial charge in [0.05, 0.1) is 0 Å². The maximum atomic E-state index is 12.4. The molecule has 0 saturated carbocycles. The van der Waals surface area contributed by atoms with Crippen LogP contribution in [0, 0.1) is 26.7 Å². The van der Waals surface area contributed by atoms with E-state index < -0.39 is 0 Å². The van der Waals surface area contributed by atoms with Crippen LogP contribution in [0.1, 0.15) is 50.8 Å². The van der Waals surface area contributed by atoms with Crippen molar-refractivity contribution < 1.29 is 4.79 Å². The normalized spacial score (nSPS) is 12.5. The van der Waals surface area contributed by atoms with Gasteiger partial charge in [0.2, 0.25) is 0 Å². The smallest absolute Gasteiger partial charge is 0.319 e. The Balaban J connectivity index is 2.69. The molecule has 1 aromatic carbocycles. The van der Waals surface area contributed by atoms with Crippen LogP contribution in [-0.4, -0.2) is 36.6 Å². The first kappa shape index (κ1) is 20.5. The molecule has 0 heterocycles. The summed E-state index contributed by atoms with van der Waals surface area (Å²) in [5.41, 5.74) is 4.34. The lowest BCUT2D eigenvalue weighted by molar-refractivity contribution is 0.186. The Morgan fingerprint density at radius 2 is 1.62 bits per heavy atom. The highest BCUT2D eigenvalue weighted by Gasteiger charge is 2.18. The van der Waals surface area contributed by atoms with Gasteiger partial charge in [-0.1, -0.05) is 45.4 Å². The summed E-state index contributed by atoms with van der Waals surface area (Å²) in [6.45, 7) is 17.7. The Bertz CT molecular complexity index is 513. The Hall–Kier alpha value is -1.55. The monoisotopic (exact) mass is 333 g/mol. The minimum absolute atomic E-state index is 0.119. The molecule has 1 atom stereocenters. The molecular weight excluding hydrogens is 298 g/mol. The van der Waals surface area contributed by atoms with Gasteiger partial charge in [0.1, 0.15) is 0 Å². The molecule has 0 aliphatic carbocycles. The lowest BCUT2D eigenvalue weighted by atomic mass is 10.0. The van der Waals surface area contributed by atoms with Crippen LogP contribution in [0.4, 0.5) is 10.5 Å². The number of aryl methyl sites for hydroxylation is 3. The first-order valence-electron chi connectivity index (χ1n) is 9.15. The van der Waals surface area contributed by atoms with Crippen LogP contribution >= 0.6 is 0 Å². The van der Waals surface area contributed by atoms with Gasteiger partial charge in [-0.15, -0.1) is 0 Å². The van der Waals surface area contributed by atoms with Crippen molar-refractivity contribution >= 4 is 11.7 Å². The molecule has 0 aromatic heterocycles. The summed E-state index contributed by atoms with van der Waals surface area (Å²) >= 11 is 0. The second kappa shape index (κ2) is 9.67. The highest BCUT2D eigenvalue weighted by molar-refractivity contribution is 5.91. The summed E-state index contributed by atoms with van der Waals surface area (Å²) in [4.78, 5) is 14.8. The number of benzene rings is 1. The number of carbonyl (C=O) groups excluding carboxylic acids is 1. The van der Waals surface area contributed by atoms with Gasteiger partial charge in [-0.05, 0) is 57.3 Å². The second-order valence-corrected chi connectivity index (χ2v) is 7.11. The third kappa shape index (κ3) is 6.16. The first-order valence-corrected chi connectivity index (χ1v) is 9.15. The second-order valence-electron chi connectivity index (χ2n) is 7.11. The Morgan fingerprint density at radius 1 is 1.08 bits per heavy atom. The molecule has 0 unspecified atom stereocenters. The highest BCUT2D eigenvalue weighted by atomic mass is 16.2. The summed E-state index contributed by atoms with van der Waals surface area (Å²) in [5.74, 6) is 0.613. The van der Waals surface area contributed by atoms with E-state index >= 15 is 0 Å². The molecule has 1 rings (SSSR count). The number of hydrogen-bond acceptors (Lipinski definition) is 2. The molecule has 24 heavy (non-hydrogen) atoms. The van der Waals surface area contributed by atoms with E-state index in [1.165, 1.54) is 5.56 Å². The number of carbonyl (C=O) groups is 1. The summed E-state index contributed by atoms with van der Waals surface area (Å²) < 4.78 is 0. The van der Waals surface area contributed by atoms with Crippen LogP contribution in [0.2, 0.25) is 0 Å². The number of hydrogen-bond donors (Lipinski definition) is 2. The predicted molar refractivity (Wildman–Crippen MR) is 104 cm³/mol. The zero-order chi connectivity index (χ0) is 18.3.